The average Bonchev–Trinajstić information content (AvgIpc) is 2.87. The first-order valence-electron chi connectivity index (χ1n) is 6.65. The van der Waals surface area contributed by atoms with Crippen LogP contribution in [0.3, 0.4) is 0 Å². The Hall–Kier alpha value is -0.780. The maximum atomic E-state index is 12.3. The number of carbonyl (C=O) groups is 1. The Bertz CT molecular complexity index is 422. The number of carbonyl (C=O) groups excluding carboxylic acids is 1. The van der Waals surface area contributed by atoms with Crippen LogP contribution in [0.2, 0.25) is 0 Å². The molecule has 1 aromatic heterocycles. The lowest BCUT2D eigenvalue weighted by Crippen LogP contribution is -2.40. The van der Waals surface area contributed by atoms with Gasteiger partial charge in [0.25, 0.3) is 0 Å². The third-order valence-corrected chi connectivity index (χ3v) is 3.76. The van der Waals surface area contributed by atoms with Crippen LogP contribution in [-0.4, -0.2) is 36.6 Å². The largest absolute Gasteiger partial charge is 0.379 e. The minimum Gasteiger partial charge on any atom is -0.379 e. The lowest BCUT2D eigenvalue weighted by atomic mass is 9.95. The number of Topliss-reactive ketones (excluding diaryl/α,β-unsaturated/α-hetero) is 1. The van der Waals surface area contributed by atoms with Crippen LogP contribution in [-0.2, 0) is 16.0 Å². The number of ether oxygens (including phenoxy) is 1. The Morgan fingerprint density at radius 2 is 2.37 bits per heavy atom. The second kappa shape index (κ2) is 7.12. The quantitative estimate of drug-likeness (QED) is 0.868. The standard InChI is InChI=1S/C14H19BrN2O2/c1-2-5-16-13-9-19-8-12(13)14(18)6-11-4-3-10(15)7-17-11/h3-4,7,12-13,16H,2,5-6,8-9H2,1H3. The molecule has 4 nitrogen and oxygen atoms in total. The van der Waals surface area contributed by atoms with E-state index in [0.29, 0.717) is 19.6 Å². The predicted octanol–water partition coefficient (Wildman–Crippen LogP) is 1.97. The molecule has 2 heterocycles. The molecule has 1 aliphatic heterocycles. The number of hydrogen-bond acceptors (Lipinski definition) is 4. The van der Waals surface area contributed by atoms with Crippen LogP contribution in [0.25, 0.3) is 0 Å². The van der Waals surface area contributed by atoms with Crippen molar-refractivity contribution in [3.8, 4) is 0 Å². The topological polar surface area (TPSA) is 51.2 Å². The fourth-order valence-corrected chi connectivity index (χ4v) is 2.46. The van der Waals surface area contributed by atoms with E-state index >= 15 is 0 Å². The van der Waals surface area contributed by atoms with Gasteiger partial charge in [-0.1, -0.05) is 6.92 Å². The summed E-state index contributed by atoms with van der Waals surface area (Å²) in [6, 6.07) is 3.95. The van der Waals surface area contributed by atoms with E-state index in [1.807, 2.05) is 12.1 Å². The molecule has 1 aliphatic rings. The number of nitrogens with zero attached hydrogens (tertiary/aromatic N) is 1. The summed E-state index contributed by atoms with van der Waals surface area (Å²) in [6.07, 6.45) is 3.16. The van der Waals surface area contributed by atoms with Crippen LogP contribution in [0.1, 0.15) is 19.0 Å². The summed E-state index contributed by atoms with van der Waals surface area (Å²) in [7, 11) is 0. The Kier molecular flexibility index (Phi) is 5.48. The maximum Gasteiger partial charge on any atom is 0.145 e. The molecule has 2 atom stereocenters. The fraction of sp³-hybridized carbons (Fsp3) is 0.571. The Labute approximate surface area is 122 Å². The lowest BCUT2D eigenvalue weighted by molar-refractivity contribution is -0.122. The molecule has 1 aromatic rings. The highest BCUT2D eigenvalue weighted by molar-refractivity contribution is 9.10. The summed E-state index contributed by atoms with van der Waals surface area (Å²) >= 11 is 3.34. The van der Waals surface area contributed by atoms with Gasteiger partial charge in [0.05, 0.1) is 19.1 Å². The van der Waals surface area contributed by atoms with Crippen molar-refractivity contribution >= 4 is 21.7 Å². The normalized spacial score (nSPS) is 22.6. The first-order chi connectivity index (χ1) is 9.20. The van der Waals surface area contributed by atoms with E-state index in [2.05, 4.69) is 33.2 Å². The Morgan fingerprint density at radius 1 is 1.53 bits per heavy atom. The molecule has 19 heavy (non-hydrogen) atoms. The van der Waals surface area contributed by atoms with Crippen molar-refractivity contribution in [1.29, 1.82) is 0 Å². The Morgan fingerprint density at radius 3 is 3.05 bits per heavy atom. The SMILES string of the molecule is CCCNC1COCC1C(=O)Cc1ccc(Br)cn1. The number of hydrogen-bond donors (Lipinski definition) is 1. The molecule has 2 unspecified atom stereocenters. The monoisotopic (exact) mass is 326 g/mol. The summed E-state index contributed by atoms with van der Waals surface area (Å²) in [5.41, 5.74) is 0.814. The molecule has 0 aliphatic carbocycles. The van der Waals surface area contributed by atoms with Crippen molar-refractivity contribution in [3.63, 3.8) is 0 Å². The molecule has 1 fully saturated rings. The first kappa shape index (κ1) is 14.6. The number of nitrogens with one attached hydrogen (secondary N) is 1. The summed E-state index contributed by atoms with van der Waals surface area (Å²) in [5, 5.41) is 3.38. The van der Waals surface area contributed by atoms with Crippen molar-refractivity contribution in [2.24, 2.45) is 5.92 Å². The van der Waals surface area contributed by atoms with Crippen LogP contribution < -0.4 is 5.32 Å². The van der Waals surface area contributed by atoms with Crippen molar-refractivity contribution in [2.45, 2.75) is 25.8 Å². The highest BCUT2D eigenvalue weighted by Crippen LogP contribution is 2.17. The minimum atomic E-state index is -0.0444. The molecule has 0 aromatic carbocycles. The maximum absolute atomic E-state index is 12.3. The molecule has 2 rings (SSSR count). The smallest absolute Gasteiger partial charge is 0.145 e. The number of aromatic nitrogens is 1. The number of halogens is 1. The van der Waals surface area contributed by atoms with Crippen molar-refractivity contribution in [2.75, 3.05) is 19.8 Å². The molecule has 104 valence electrons. The zero-order valence-corrected chi connectivity index (χ0v) is 12.6. The second-order valence-electron chi connectivity index (χ2n) is 4.82. The third kappa shape index (κ3) is 4.09. The molecule has 0 saturated carbocycles. The van der Waals surface area contributed by atoms with Crippen molar-refractivity contribution < 1.29 is 9.53 Å². The van der Waals surface area contributed by atoms with E-state index in [-0.39, 0.29) is 17.7 Å². The van der Waals surface area contributed by atoms with Gasteiger partial charge in [-0.3, -0.25) is 9.78 Å². The molecule has 1 N–H and O–H groups in total. The van der Waals surface area contributed by atoms with Crippen molar-refractivity contribution in [3.05, 3.63) is 28.5 Å². The van der Waals surface area contributed by atoms with Gasteiger partial charge < -0.3 is 10.1 Å². The van der Waals surface area contributed by atoms with Gasteiger partial charge in [-0.15, -0.1) is 0 Å². The van der Waals surface area contributed by atoms with E-state index in [4.69, 9.17) is 4.74 Å². The summed E-state index contributed by atoms with van der Waals surface area (Å²) in [4.78, 5) is 16.5. The zero-order chi connectivity index (χ0) is 13.7. The fourth-order valence-electron chi connectivity index (χ4n) is 2.22. The van der Waals surface area contributed by atoms with Gasteiger partial charge in [0, 0.05) is 28.8 Å². The summed E-state index contributed by atoms with van der Waals surface area (Å²) in [5.74, 6) is 0.165. The third-order valence-electron chi connectivity index (χ3n) is 3.29. The van der Waals surface area contributed by atoms with E-state index in [9.17, 15) is 4.79 Å². The van der Waals surface area contributed by atoms with Gasteiger partial charge in [-0.05, 0) is 41.0 Å². The highest BCUT2D eigenvalue weighted by Gasteiger charge is 2.33. The predicted molar refractivity (Wildman–Crippen MR) is 77.0 cm³/mol. The van der Waals surface area contributed by atoms with Gasteiger partial charge in [-0.25, -0.2) is 0 Å². The van der Waals surface area contributed by atoms with Crippen LogP contribution >= 0.6 is 15.9 Å². The molecule has 0 radical (unpaired) electrons. The van der Waals surface area contributed by atoms with E-state index in [1.54, 1.807) is 6.20 Å². The molecule has 1 saturated heterocycles. The van der Waals surface area contributed by atoms with Crippen LogP contribution in [0, 0.1) is 5.92 Å². The van der Waals surface area contributed by atoms with Gasteiger partial charge >= 0.3 is 0 Å². The average molecular weight is 327 g/mol. The first-order valence-corrected chi connectivity index (χ1v) is 7.44. The van der Waals surface area contributed by atoms with Gasteiger partial charge in [0.15, 0.2) is 0 Å². The number of pyridine rings is 1. The second-order valence-corrected chi connectivity index (χ2v) is 5.73. The van der Waals surface area contributed by atoms with Gasteiger partial charge in [-0.2, -0.15) is 0 Å². The van der Waals surface area contributed by atoms with Gasteiger partial charge in [0.1, 0.15) is 5.78 Å². The van der Waals surface area contributed by atoms with Crippen molar-refractivity contribution in [1.82, 2.24) is 10.3 Å². The molecule has 5 heteroatoms. The lowest BCUT2D eigenvalue weighted by Gasteiger charge is -2.17. The number of ketones is 1. The van der Waals surface area contributed by atoms with Crippen LogP contribution in [0.5, 0.6) is 0 Å². The number of rotatable bonds is 6. The van der Waals surface area contributed by atoms with Gasteiger partial charge in [0.2, 0.25) is 0 Å². The molecule has 0 bridgehead atoms. The minimum absolute atomic E-state index is 0.0444. The molecule has 0 spiro atoms. The summed E-state index contributed by atoms with van der Waals surface area (Å²) in [6.45, 7) is 4.20. The van der Waals surface area contributed by atoms with Crippen LogP contribution in [0.15, 0.2) is 22.8 Å². The van der Waals surface area contributed by atoms with E-state index in [0.717, 1.165) is 23.1 Å². The van der Waals surface area contributed by atoms with E-state index < -0.39 is 0 Å². The van der Waals surface area contributed by atoms with Crippen LogP contribution in [0.4, 0.5) is 0 Å². The zero-order valence-electron chi connectivity index (χ0n) is 11.1. The highest BCUT2D eigenvalue weighted by atomic mass is 79.9. The molecular weight excluding hydrogens is 308 g/mol. The molecule has 0 amide bonds. The molecular formula is C14H19BrN2O2. The van der Waals surface area contributed by atoms with E-state index in [1.165, 1.54) is 0 Å². The Balaban J connectivity index is 1.93. The summed E-state index contributed by atoms with van der Waals surface area (Å²) < 4.78 is 6.36.